The van der Waals surface area contributed by atoms with Crippen LogP contribution in [0.25, 0.3) is 11.0 Å². The first kappa shape index (κ1) is 8.77. The molecule has 1 aromatic carbocycles. The molecular formula is C12H14N2O. The summed E-state index contributed by atoms with van der Waals surface area (Å²) in [6, 6.07) is 8.09. The van der Waals surface area contributed by atoms with Crippen LogP contribution in [0.2, 0.25) is 0 Å². The molecule has 78 valence electrons. The Kier molecular flexibility index (Phi) is 1.61. The van der Waals surface area contributed by atoms with Crippen LogP contribution in [-0.4, -0.2) is 16.8 Å². The van der Waals surface area contributed by atoms with Gasteiger partial charge in [-0.3, -0.25) is 0 Å². The molecule has 2 aromatic rings. The lowest BCUT2D eigenvalue weighted by Gasteiger charge is -2.10. The van der Waals surface area contributed by atoms with Crippen LogP contribution >= 0.6 is 0 Å². The second-order valence-electron chi connectivity index (χ2n) is 4.46. The smallest absolute Gasteiger partial charge is 0.152 e. The fourth-order valence-electron chi connectivity index (χ4n) is 1.98. The van der Waals surface area contributed by atoms with Gasteiger partial charge >= 0.3 is 0 Å². The minimum atomic E-state index is 0.231. The van der Waals surface area contributed by atoms with E-state index in [1.165, 1.54) is 12.8 Å². The third kappa shape index (κ3) is 1.16. The zero-order valence-electron chi connectivity index (χ0n) is 9.03. The fourth-order valence-corrected chi connectivity index (χ4v) is 1.98. The van der Waals surface area contributed by atoms with Crippen molar-refractivity contribution in [3.05, 3.63) is 30.1 Å². The first-order valence-electron chi connectivity index (χ1n) is 5.27. The van der Waals surface area contributed by atoms with E-state index in [1.54, 1.807) is 7.11 Å². The van der Waals surface area contributed by atoms with Crippen molar-refractivity contribution in [3.8, 4) is 0 Å². The number of rotatable bonds is 2. The second kappa shape index (κ2) is 2.75. The van der Waals surface area contributed by atoms with Crippen molar-refractivity contribution in [2.45, 2.75) is 25.2 Å². The molecule has 1 heterocycles. The van der Waals surface area contributed by atoms with Gasteiger partial charge in [-0.25, -0.2) is 4.98 Å². The van der Waals surface area contributed by atoms with E-state index in [0.717, 1.165) is 16.9 Å². The number of benzene rings is 1. The van der Waals surface area contributed by atoms with E-state index < -0.39 is 0 Å². The average Bonchev–Trinajstić information content (AvgIpc) is 2.89. The largest absolute Gasteiger partial charge is 0.415 e. The molecule has 3 heteroatoms. The van der Waals surface area contributed by atoms with E-state index in [-0.39, 0.29) is 5.41 Å². The number of fused-ring (bicyclic) bond motifs is 1. The Bertz CT molecular complexity index is 511. The van der Waals surface area contributed by atoms with Gasteiger partial charge in [-0.2, -0.15) is 4.73 Å². The molecule has 3 nitrogen and oxygen atoms in total. The lowest BCUT2D eigenvalue weighted by atomic mass is 10.1. The van der Waals surface area contributed by atoms with Crippen LogP contribution in [0.5, 0.6) is 0 Å². The second-order valence-corrected chi connectivity index (χ2v) is 4.46. The van der Waals surface area contributed by atoms with Gasteiger partial charge < -0.3 is 4.84 Å². The summed E-state index contributed by atoms with van der Waals surface area (Å²) in [5, 5.41) is 0. The number of aromatic nitrogens is 2. The van der Waals surface area contributed by atoms with Crippen LogP contribution < -0.4 is 4.84 Å². The predicted octanol–water partition coefficient (Wildman–Crippen LogP) is 2.15. The molecule has 0 unspecified atom stereocenters. The minimum Gasteiger partial charge on any atom is -0.415 e. The number of nitrogens with zero attached hydrogens (tertiary/aromatic N) is 2. The summed E-state index contributed by atoms with van der Waals surface area (Å²) >= 11 is 0. The van der Waals surface area contributed by atoms with Crippen LogP contribution in [-0.2, 0) is 5.41 Å². The summed E-state index contributed by atoms with van der Waals surface area (Å²) in [6.45, 7) is 2.24. The molecule has 1 aliphatic carbocycles. The van der Waals surface area contributed by atoms with Crippen molar-refractivity contribution >= 4 is 11.0 Å². The Balaban J connectivity index is 2.29. The number of imidazole rings is 1. The Morgan fingerprint density at radius 3 is 2.73 bits per heavy atom. The summed E-state index contributed by atoms with van der Waals surface area (Å²) in [5.41, 5.74) is 2.31. The van der Waals surface area contributed by atoms with E-state index in [0.29, 0.717) is 0 Å². The molecule has 1 fully saturated rings. The fraction of sp³-hybridized carbons (Fsp3) is 0.417. The van der Waals surface area contributed by atoms with Gasteiger partial charge in [0.25, 0.3) is 0 Å². The van der Waals surface area contributed by atoms with Crippen molar-refractivity contribution in [1.82, 2.24) is 9.71 Å². The number of hydrogen-bond acceptors (Lipinski definition) is 2. The summed E-state index contributed by atoms with van der Waals surface area (Å²) < 4.78 is 1.86. The summed E-state index contributed by atoms with van der Waals surface area (Å²) in [4.78, 5) is 10.1. The molecule has 15 heavy (non-hydrogen) atoms. The summed E-state index contributed by atoms with van der Waals surface area (Å²) in [6.07, 6.45) is 2.42. The molecule has 1 aromatic heterocycles. The lowest BCUT2D eigenvalue weighted by molar-refractivity contribution is 0.164. The van der Waals surface area contributed by atoms with Crippen LogP contribution in [0.15, 0.2) is 24.3 Å². The molecule has 3 rings (SSSR count). The first-order chi connectivity index (χ1) is 7.24. The van der Waals surface area contributed by atoms with Crippen LogP contribution in [0.4, 0.5) is 0 Å². The van der Waals surface area contributed by atoms with Crippen molar-refractivity contribution < 1.29 is 4.84 Å². The van der Waals surface area contributed by atoms with Crippen molar-refractivity contribution in [3.63, 3.8) is 0 Å². The van der Waals surface area contributed by atoms with Crippen LogP contribution in [0, 0.1) is 0 Å². The maximum absolute atomic E-state index is 5.42. The Morgan fingerprint density at radius 2 is 2.07 bits per heavy atom. The van der Waals surface area contributed by atoms with Crippen LogP contribution in [0.1, 0.15) is 25.6 Å². The maximum atomic E-state index is 5.42. The van der Waals surface area contributed by atoms with E-state index >= 15 is 0 Å². The van der Waals surface area contributed by atoms with E-state index in [1.807, 2.05) is 29.0 Å². The number of hydrogen-bond donors (Lipinski definition) is 0. The summed E-state index contributed by atoms with van der Waals surface area (Å²) in [7, 11) is 1.70. The van der Waals surface area contributed by atoms with Gasteiger partial charge in [0, 0.05) is 5.41 Å². The molecule has 0 aliphatic heterocycles. The summed E-state index contributed by atoms with van der Waals surface area (Å²) in [5.74, 6) is 1.06. The molecule has 1 saturated carbocycles. The van der Waals surface area contributed by atoms with Gasteiger partial charge in [-0.1, -0.05) is 19.1 Å². The van der Waals surface area contributed by atoms with Gasteiger partial charge in [-0.05, 0) is 25.0 Å². The molecule has 0 saturated heterocycles. The standard InChI is InChI=1S/C12H14N2O/c1-12(7-8-12)11-13-9-5-3-4-6-10(9)14(11)15-2/h3-6H,7-8H2,1-2H3. The Morgan fingerprint density at radius 1 is 1.33 bits per heavy atom. The third-order valence-corrected chi connectivity index (χ3v) is 3.24. The van der Waals surface area contributed by atoms with Gasteiger partial charge in [0.15, 0.2) is 5.82 Å². The highest BCUT2D eigenvalue weighted by atomic mass is 16.6. The highest BCUT2D eigenvalue weighted by Crippen LogP contribution is 2.47. The highest BCUT2D eigenvalue weighted by molar-refractivity contribution is 5.75. The zero-order valence-corrected chi connectivity index (χ0v) is 9.03. The van der Waals surface area contributed by atoms with Crippen LogP contribution in [0.3, 0.4) is 0 Å². The van der Waals surface area contributed by atoms with E-state index in [2.05, 4.69) is 11.9 Å². The van der Waals surface area contributed by atoms with E-state index in [4.69, 9.17) is 4.84 Å². The monoisotopic (exact) mass is 202 g/mol. The molecule has 0 radical (unpaired) electrons. The minimum absolute atomic E-state index is 0.231. The molecule has 0 N–H and O–H groups in total. The molecule has 0 amide bonds. The Hall–Kier alpha value is -1.51. The van der Waals surface area contributed by atoms with Crippen molar-refractivity contribution in [1.29, 1.82) is 0 Å². The molecule has 0 spiro atoms. The number of para-hydroxylation sites is 2. The Labute approximate surface area is 88.6 Å². The molecule has 0 bridgehead atoms. The van der Waals surface area contributed by atoms with Gasteiger partial charge in [0.1, 0.15) is 12.6 Å². The topological polar surface area (TPSA) is 27.1 Å². The lowest BCUT2D eigenvalue weighted by Crippen LogP contribution is -2.16. The highest BCUT2D eigenvalue weighted by Gasteiger charge is 2.44. The normalized spacial score (nSPS) is 18.0. The predicted molar refractivity (Wildman–Crippen MR) is 58.8 cm³/mol. The molecule has 0 atom stereocenters. The molecule has 1 aliphatic rings. The maximum Gasteiger partial charge on any atom is 0.152 e. The van der Waals surface area contributed by atoms with E-state index in [9.17, 15) is 0 Å². The third-order valence-electron chi connectivity index (χ3n) is 3.24. The first-order valence-corrected chi connectivity index (χ1v) is 5.27. The van der Waals surface area contributed by atoms with Crippen molar-refractivity contribution in [2.24, 2.45) is 0 Å². The average molecular weight is 202 g/mol. The van der Waals surface area contributed by atoms with Gasteiger partial charge in [0.05, 0.1) is 5.52 Å². The van der Waals surface area contributed by atoms with Gasteiger partial charge in [-0.15, -0.1) is 0 Å². The quantitative estimate of drug-likeness (QED) is 0.746. The van der Waals surface area contributed by atoms with Gasteiger partial charge in [0.2, 0.25) is 0 Å². The molecular weight excluding hydrogens is 188 g/mol. The van der Waals surface area contributed by atoms with Crippen molar-refractivity contribution in [2.75, 3.05) is 7.11 Å². The zero-order chi connectivity index (χ0) is 10.5. The SMILES string of the molecule is COn1c(C2(C)CC2)nc2ccccc21.